The Balaban J connectivity index is 1.73. The van der Waals surface area contributed by atoms with Crippen molar-refractivity contribution < 1.29 is 0 Å². The third-order valence-corrected chi connectivity index (χ3v) is 4.80. The van der Waals surface area contributed by atoms with Gasteiger partial charge in [0.25, 0.3) is 0 Å². The number of rotatable bonds is 6. The molecule has 1 nitrogen and oxygen atoms in total. The monoisotopic (exact) mass is 273 g/mol. The van der Waals surface area contributed by atoms with Gasteiger partial charge in [-0.2, -0.15) is 0 Å². The Morgan fingerprint density at radius 1 is 1.15 bits per heavy atom. The minimum absolute atomic E-state index is 0.247. The van der Waals surface area contributed by atoms with Crippen molar-refractivity contribution in [3.05, 3.63) is 35.9 Å². The Morgan fingerprint density at radius 3 is 2.60 bits per heavy atom. The highest BCUT2D eigenvalue weighted by Gasteiger charge is 2.22. The molecular weight excluding hydrogens is 242 g/mol. The van der Waals surface area contributed by atoms with E-state index in [0.29, 0.717) is 0 Å². The van der Waals surface area contributed by atoms with Gasteiger partial charge in [-0.15, -0.1) is 0 Å². The van der Waals surface area contributed by atoms with Crippen molar-refractivity contribution in [2.75, 3.05) is 6.54 Å². The lowest BCUT2D eigenvalue weighted by Gasteiger charge is -2.32. The smallest absolute Gasteiger partial charge is 0.0128 e. The molecule has 2 unspecified atom stereocenters. The minimum atomic E-state index is 0.247. The average molecular weight is 273 g/mol. The van der Waals surface area contributed by atoms with Gasteiger partial charge >= 0.3 is 0 Å². The Morgan fingerprint density at radius 2 is 1.90 bits per heavy atom. The predicted octanol–water partition coefficient (Wildman–Crippen LogP) is 4.81. The first kappa shape index (κ1) is 15.6. The Bertz CT molecular complexity index is 382. The van der Waals surface area contributed by atoms with Crippen LogP contribution in [0.3, 0.4) is 0 Å². The fourth-order valence-electron chi connectivity index (χ4n) is 3.36. The van der Waals surface area contributed by atoms with E-state index in [2.05, 4.69) is 56.4 Å². The van der Waals surface area contributed by atoms with Crippen molar-refractivity contribution in [3.63, 3.8) is 0 Å². The predicted molar refractivity (Wildman–Crippen MR) is 88.0 cm³/mol. The molecule has 2 atom stereocenters. The molecule has 112 valence electrons. The molecule has 1 aliphatic carbocycles. The maximum absolute atomic E-state index is 3.82. The second kappa shape index (κ2) is 7.26. The molecule has 0 saturated heterocycles. The number of benzene rings is 1. The molecule has 0 aromatic heterocycles. The average Bonchev–Trinajstić information content (AvgIpc) is 2.45. The van der Waals surface area contributed by atoms with Crippen LogP contribution in [0.4, 0.5) is 0 Å². The molecule has 0 spiro atoms. The SMILES string of the molecule is CC1CCCC(CNC(C)(C)CCc2ccccc2)C1. The summed E-state index contributed by atoms with van der Waals surface area (Å²) < 4.78 is 0. The quantitative estimate of drug-likeness (QED) is 0.784. The van der Waals surface area contributed by atoms with E-state index in [1.165, 1.54) is 50.6 Å². The second-order valence-electron chi connectivity index (χ2n) is 7.39. The van der Waals surface area contributed by atoms with Crippen LogP contribution in [0.2, 0.25) is 0 Å². The third-order valence-electron chi connectivity index (χ3n) is 4.80. The summed E-state index contributed by atoms with van der Waals surface area (Å²) >= 11 is 0. The van der Waals surface area contributed by atoms with Crippen molar-refractivity contribution in [1.82, 2.24) is 5.32 Å². The van der Waals surface area contributed by atoms with Gasteiger partial charge in [-0.1, -0.05) is 50.1 Å². The Labute approximate surface area is 125 Å². The maximum atomic E-state index is 3.82. The van der Waals surface area contributed by atoms with Gasteiger partial charge in [0.1, 0.15) is 0 Å². The van der Waals surface area contributed by atoms with Crippen LogP contribution >= 0.6 is 0 Å². The first-order chi connectivity index (χ1) is 9.55. The van der Waals surface area contributed by atoms with Crippen LogP contribution in [0.25, 0.3) is 0 Å². The lowest BCUT2D eigenvalue weighted by Crippen LogP contribution is -2.43. The zero-order valence-corrected chi connectivity index (χ0v) is 13.5. The van der Waals surface area contributed by atoms with Crippen LogP contribution < -0.4 is 5.32 Å². The molecule has 2 rings (SSSR count). The zero-order valence-electron chi connectivity index (χ0n) is 13.5. The van der Waals surface area contributed by atoms with Gasteiger partial charge in [0, 0.05) is 5.54 Å². The number of nitrogens with one attached hydrogen (secondary N) is 1. The molecule has 1 N–H and O–H groups in total. The minimum Gasteiger partial charge on any atom is -0.312 e. The van der Waals surface area contributed by atoms with E-state index < -0.39 is 0 Å². The van der Waals surface area contributed by atoms with Crippen LogP contribution in [0.1, 0.15) is 58.4 Å². The van der Waals surface area contributed by atoms with Gasteiger partial charge in [-0.05, 0) is 63.5 Å². The normalized spacial score (nSPS) is 23.8. The van der Waals surface area contributed by atoms with Gasteiger partial charge in [-0.25, -0.2) is 0 Å². The van der Waals surface area contributed by atoms with Crippen molar-refractivity contribution in [1.29, 1.82) is 0 Å². The number of aryl methyl sites for hydroxylation is 1. The van der Waals surface area contributed by atoms with Crippen LogP contribution in [0, 0.1) is 11.8 Å². The molecular formula is C19H31N. The zero-order chi connectivity index (χ0) is 14.4. The number of hydrogen-bond donors (Lipinski definition) is 1. The molecule has 20 heavy (non-hydrogen) atoms. The van der Waals surface area contributed by atoms with E-state index in [9.17, 15) is 0 Å². The van der Waals surface area contributed by atoms with E-state index in [0.717, 1.165) is 11.8 Å². The van der Waals surface area contributed by atoms with Crippen LogP contribution in [-0.4, -0.2) is 12.1 Å². The fourth-order valence-corrected chi connectivity index (χ4v) is 3.36. The molecule has 0 heterocycles. The first-order valence-corrected chi connectivity index (χ1v) is 8.34. The molecule has 0 aliphatic heterocycles. The third kappa shape index (κ3) is 5.28. The lowest BCUT2D eigenvalue weighted by atomic mass is 9.82. The fraction of sp³-hybridized carbons (Fsp3) is 0.684. The summed E-state index contributed by atoms with van der Waals surface area (Å²) in [6, 6.07) is 10.8. The summed E-state index contributed by atoms with van der Waals surface area (Å²) in [6.07, 6.45) is 8.08. The summed E-state index contributed by atoms with van der Waals surface area (Å²) in [7, 11) is 0. The highest BCUT2D eigenvalue weighted by atomic mass is 15.0. The Hall–Kier alpha value is -0.820. The highest BCUT2D eigenvalue weighted by Crippen LogP contribution is 2.28. The van der Waals surface area contributed by atoms with Crippen molar-refractivity contribution in [3.8, 4) is 0 Å². The summed E-state index contributed by atoms with van der Waals surface area (Å²) in [5.41, 5.74) is 1.70. The summed E-state index contributed by atoms with van der Waals surface area (Å²) in [4.78, 5) is 0. The van der Waals surface area contributed by atoms with Gasteiger partial charge in [0.05, 0.1) is 0 Å². The molecule has 1 aliphatic rings. The van der Waals surface area contributed by atoms with E-state index in [1.54, 1.807) is 0 Å². The molecule has 1 heteroatoms. The summed E-state index contributed by atoms with van der Waals surface area (Å²) in [5, 5.41) is 3.82. The van der Waals surface area contributed by atoms with E-state index in [-0.39, 0.29) is 5.54 Å². The summed E-state index contributed by atoms with van der Waals surface area (Å²) in [6.45, 7) is 8.31. The van der Waals surface area contributed by atoms with E-state index >= 15 is 0 Å². The molecule has 1 aromatic carbocycles. The topological polar surface area (TPSA) is 12.0 Å². The first-order valence-electron chi connectivity index (χ1n) is 8.34. The van der Waals surface area contributed by atoms with Crippen molar-refractivity contribution >= 4 is 0 Å². The molecule has 0 radical (unpaired) electrons. The standard InChI is InChI=1S/C19H31N/c1-16-8-7-11-18(14-16)15-20-19(2,3)13-12-17-9-5-4-6-10-17/h4-6,9-10,16,18,20H,7-8,11-15H2,1-3H3. The van der Waals surface area contributed by atoms with Crippen molar-refractivity contribution in [2.24, 2.45) is 11.8 Å². The van der Waals surface area contributed by atoms with Gasteiger partial charge < -0.3 is 5.32 Å². The molecule has 0 bridgehead atoms. The van der Waals surface area contributed by atoms with Gasteiger partial charge in [0.2, 0.25) is 0 Å². The van der Waals surface area contributed by atoms with Gasteiger partial charge in [-0.3, -0.25) is 0 Å². The highest BCUT2D eigenvalue weighted by molar-refractivity contribution is 5.15. The van der Waals surface area contributed by atoms with E-state index in [4.69, 9.17) is 0 Å². The molecule has 1 saturated carbocycles. The van der Waals surface area contributed by atoms with Crippen LogP contribution in [0.15, 0.2) is 30.3 Å². The Kier molecular flexibility index (Phi) is 5.65. The van der Waals surface area contributed by atoms with Crippen LogP contribution in [0.5, 0.6) is 0 Å². The molecule has 1 fully saturated rings. The van der Waals surface area contributed by atoms with Gasteiger partial charge in [0.15, 0.2) is 0 Å². The molecule has 0 amide bonds. The summed E-state index contributed by atoms with van der Waals surface area (Å²) in [5.74, 6) is 1.83. The largest absolute Gasteiger partial charge is 0.312 e. The molecule has 1 aromatic rings. The van der Waals surface area contributed by atoms with E-state index in [1.807, 2.05) is 0 Å². The lowest BCUT2D eigenvalue weighted by molar-refractivity contribution is 0.245. The second-order valence-corrected chi connectivity index (χ2v) is 7.39. The number of hydrogen-bond acceptors (Lipinski definition) is 1. The van der Waals surface area contributed by atoms with Crippen LogP contribution in [-0.2, 0) is 6.42 Å². The maximum Gasteiger partial charge on any atom is 0.0128 e. The van der Waals surface area contributed by atoms with Crippen molar-refractivity contribution in [2.45, 2.75) is 64.8 Å².